The van der Waals surface area contributed by atoms with Gasteiger partial charge in [0.1, 0.15) is 11.9 Å². The van der Waals surface area contributed by atoms with Gasteiger partial charge < -0.3 is 9.84 Å². The summed E-state index contributed by atoms with van der Waals surface area (Å²) < 4.78 is 5.95. The second-order valence-corrected chi connectivity index (χ2v) is 5.58. The lowest BCUT2D eigenvalue weighted by Gasteiger charge is -2.16. The number of aryl methyl sites for hydroxylation is 1. The summed E-state index contributed by atoms with van der Waals surface area (Å²) in [6.07, 6.45) is -0.723. The van der Waals surface area contributed by atoms with Gasteiger partial charge in [-0.3, -0.25) is 0 Å². The van der Waals surface area contributed by atoms with Gasteiger partial charge in [-0.15, -0.1) is 0 Å². The molecule has 0 aromatic heterocycles. The Morgan fingerprint density at radius 1 is 1.16 bits per heavy atom. The molecule has 2 nitrogen and oxygen atoms in total. The zero-order chi connectivity index (χ0) is 14.0. The van der Waals surface area contributed by atoms with Crippen molar-refractivity contribution in [1.82, 2.24) is 0 Å². The van der Waals surface area contributed by atoms with E-state index in [2.05, 4.69) is 15.9 Å². The molecule has 0 saturated heterocycles. The number of hydrogen-bond acceptors (Lipinski definition) is 2. The molecule has 0 amide bonds. The number of aliphatic hydroxyl groups is 1. The van der Waals surface area contributed by atoms with E-state index in [4.69, 9.17) is 16.3 Å². The first-order valence-electron chi connectivity index (χ1n) is 5.80. The van der Waals surface area contributed by atoms with Crippen molar-refractivity contribution < 1.29 is 9.84 Å². The Morgan fingerprint density at radius 2 is 1.89 bits per heavy atom. The van der Waals surface area contributed by atoms with E-state index in [-0.39, 0.29) is 0 Å². The Morgan fingerprint density at radius 3 is 2.53 bits per heavy atom. The average molecular weight is 342 g/mol. The van der Waals surface area contributed by atoms with Gasteiger partial charge in [-0.25, -0.2) is 0 Å². The highest BCUT2D eigenvalue weighted by Gasteiger charge is 2.16. The summed E-state index contributed by atoms with van der Waals surface area (Å²) in [7, 11) is 1.61. The first kappa shape index (κ1) is 14.4. The third-order valence-electron chi connectivity index (χ3n) is 3.04. The fraction of sp³-hybridized carbons (Fsp3) is 0.200. The van der Waals surface area contributed by atoms with E-state index in [9.17, 15) is 5.11 Å². The van der Waals surface area contributed by atoms with Crippen LogP contribution in [0.15, 0.2) is 40.9 Å². The zero-order valence-corrected chi connectivity index (χ0v) is 13.0. The second kappa shape index (κ2) is 5.95. The molecule has 0 spiro atoms. The largest absolute Gasteiger partial charge is 0.497 e. The number of aliphatic hydroxyl groups excluding tert-OH is 1. The Kier molecular flexibility index (Phi) is 4.50. The van der Waals surface area contributed by atoms with Crippen LogP contribution in [0.5, 0.6) is 5.75 Å². The molecule has 0 aliphatic carbocycles. The Hall–Kier alpha value is -1.03. The lowest BCUT2D eigenvalue weighted by atomic mass is 9.97. The summed E-state index contributed by atoms with van der Waals surface area (Å²) in [5.41, 5.74) is 2.59. The Balaban J connectivity index is 2.43. The van der Waals surface area contributed by atoms with Gasteiger partial charge in [0.2, 0.25) is 0 Å². The van der Waals surface area contributed by atoms with Crippen molar-refractivity contribution in [3.05, 3.63) is 62.6 Å². The summed E-state index contributed by atoms with van der Waals surface area (Å²) in [5, 5.41) is 11.1. The van der Waals surface area contributed by atoms with Crippen LogP contribution in [0, 0.1) is 6.92 Å². The minimum Gasteiger partial charge on any atom is -0.497 e. The van der Waals surface area contributed by atoms with Gasteiger partial charge in [-0.1, -0.05) is 39.7 Å². The molecule has 4 heteroatoms. The van der Waals surface area contributed by atoms with Gasteiger partial charge in [-0.05, 0) is 47.9 Å². The highest BCUT2D eigenvalue weighted by Crippen LogP contribution is 2.33. The summed E-state index contributed by atoms with van der Waals surface area (Å²) in [6, 6.07) is 11.0. The smallest absolute Gasteiger partial charge is 0.120 e. The summed E-state index contributed by atoms with van der Waals surface area (Å²) in [5.74, 6) is 0.741. The van der Waals surface area contributed by atoms with E-state index in [0.717, 1.165) is 26.9 Å². The molecular weight excluding hydrogens is 328 g/mol. The molecule has 0 radical (unpaired) electrons. The summed E-state index contributed by atoms with van der Waals surface area (Å²) >= 11 is 9.45. The van der Waals surface area contributed by atoms with Crippen LogP contribution in [0.3, 0.4) is 0 Å². The summed E-state index contributed by atoms with van der Waals surface area (Å²) in [4.78, 5) is 0. The van der Waals surface area contributed by atoms with Crippen molar-refractivity contribution in [2.45, 2.75) is 13.0 Å². The normalized spacial score (nSPS) is 12.3. The third kappa shape index (κ3) is 3.11. The van der Waals surface area contributed by atoms with Crippen LogP contribution >= 0.6 is 27.5 Å². The zero-order valence-electron chi connectivity index (χ0n) is 10.7. The highest BCUT2D eigenvalue weighted by atomic mass is 79.9. The number of halogens is 2. The number of methoxy groups -OCH3 is 1. The quantitative estimate of drug-likeness (QED) is 0.890. The average Bonchev–Trinajstić information content (AvgIpc) is 2.40. The number of benzene rings is 2. The molecular formula is C15H14BrClO2. The minimum atomic E-state index is -0.723. The number of rotatable bonds is 3. The molecule has 1 unspecified atom stereocenters. The lowest BCUT2D eigenvalue weighted by Crippen LogP contribution is -2.03. The highest BCUT2D eigenvalue weighted by molar-refractivity contribution is 9.10. The molecule has 0 saturated carbocycles. The maximum Gasteiger partial charge on any atom is 0.120 e. The first-order chi connectivity index (χ1) is 9.02. The molecule has 2 aromatic carbocycles. The maximum absolute atomic E-state index is 10.5. The molecule has 1 atom stereocenters. The van der Waals surface area contributed by atoms with Crippen LogP contribution in [-0.2, 0) is 0 Å². The predicted molar refractivity (Wildman–Crippen MR) is 80.9 cm³/mol. The summed E-state index contributed by atoms with van der Waals surface area (Å²) in [6.45, 7) is 1.95. The molecule has 0 fully saturated rings. The van der Waals surface area contributed by atoms with Crippen molar-refractivity contribution in [2.24, 2.45) is 0 Å². The van der Waals surface area contributed by atoms with Crippen LogP contribution in [0.2, 0.25) is 5.02 Å². The van der Waals surface area contributed by atoms with E-state index >= 15 is 0 Å². The molecule has 2 rings (SSSR count). The molecule has 0 bridgehead atoms. The molecule has 19 heavy (non-hydrogen) atoms. The van der Waals surface area contributed by atoms with Crippen molar-refractivity contribution in [1.29, 1.82) is 0 Å². The topological polar surface area (TPSA) is 29.5 Å². The minimum absolute atomic E-state index is 0.615. The van der Waals surface area contributed by atoms with Crippen LogP contribution in [-0.4, -0.2) is 12.2 Å². The van der Waals surface area contributed by atoms with Crippen molar-refractivity contribution in [3.63, 3.8) is 0 Å². The molecule has 0 heterocycles. The fourth-order valence-corrected chi connectivity index (χ4v) is 2.69. The third-order valence-corrected chi connectivity index (χ3v) is 3.96. The number of ether oxygens (including phenoxy) is 1. The van der Waals surface area contributed by atoms with E-state index in [0.29, 0.717) is 5.02 Å². The Labute approximate surface area is 126 Å². The van der Waals surface area contributed by atoms with Crippen molar-refractivity contribution >= 4 is 27.5 Å². The van der Waals surface area contributed by atoms with Crippen molar-refractivity contribution in [3.8, 4) is 5.75 Å². The van der Waals surface area contributed by atoms with Gasteiger partial charge in [0.15, 0.2) is 0 Å². The van der Waals surface area contributed by atoms with Crippen LogP contribution in [0.1, 0.15) is 22.8 Å². The van der Waals surface area contributed by atoms with E-state index < -0.39 is 6.10 Å². The van der Waals surface area contributed by atoms with E-state index in [1.807, 2.05) is 37.3 Å². The second-order valence-electron chi connectivity index (χ2n) is 4.29. The molecule has 100 valence electrons. The predicted octanol–water partition coefficient (Wildman–Crippen LogP) is 4.50. The molecule has 2 aromatic rings. The Bertz CT molecular complexity index is 599. The lowest BCUT2D eigenvalue weighted by molar-refractivity contribution is 0.218. The van der Waals surface area contributed by atoms with Gasteiger partial charge in [-0.2, -0.15) is 0 Å². The SMILES string of the molecule is COc1ccc(C(O)c2cc(Cl)ccc2C)c(Br)c1. The van der Waals surface area contributed by atoms with Gasteiger partial charge in [0, 0.05) is 9.50 Å². The van der Waals surface area contributed by atoms with Crippen LogP contribution in [0.25, 0.3) is 0 Å². The van der Waals surface area contributed by atoms with Gasteiger partial charge in [0.25, 0.3) is 0 Å². The maximum atomic E-state index is 10.5. The van der Waals surface area contributed by atoms with E-state index in [1.54, 1.807) is 13.2 Å². The standard InChI is InChI=1S/C15H14BrClO2/c1-9-3-4-10(17)7-13(9)15(18)12-6-5-11(19-2)8-14(12)16/h3-8,15,18H,1-2H3. The molecule has 1 N–H and O–H groups in total. The van der Waals surface area contributed by atoms with E-state index in [1.165, 1.54) is 0 Å². The van der Waals surface area contributed by atoms with Crippen LogP contribution in [0.4, 0.5) is 0 Å². The monoisotopic (exact) mass is 340 g/mol. The first-order valence-corrected chi connectivity index (χ1v) is 6.97. The molecule has 0 aliphatic heterocycles. The van der Waals surface area contributed by atoms with Gasteiger partial charge >= 0.3 is 0 Å². The fourth-order valence-electron chi connectivity index (χ4n) is 1.93. The molecule has 0 aliphatic rings. The van der Waals surface area contributed by atoms with Crippen LogP contribution < -0.4 is 4.74 Å². The number of hydrogen-bond donors (Lipinski definition) is 1. The van der Waals surface area contributed by atoms with Gasteiger partial charge in [0.05, 0.1) is 7.11 Å². The van der Waals surface area contributed by atoms with Crippen molar-refractivity contribution in [2.75, 3.05) is 7.11 Å².